The molecule has 3 fully saturated rings. The Bertz CT molecular complexity index is 812. The van der Waals surface area contributed by atoms with Crippen molar-refractivity contribution in [2.24, 2.45) is 5.41 Å². The molecule has 5 rings (SSSR count). The topological polar surface area (TPSA) is 58.6 Å². The van der Waals surface area contributed by atoms with Gasteiger partial charge in [0.1, 0.15) is 5.75 Å². The number of rotatable bonds is 4. The lowest BCUT2D eigenvalue weighted by molar-refractivity contribution is -0.160. The average molecular weight is 382 g/mol. The molecule has 2 N–H and O–H groups in total. The first-order valence-corrected chi connectivity index (χ1v) is 10.5. The SMILES string of the molecule is COC(=O)C12CCC(NCC3=C(C)CCc4ccc(O)cc4C=C3)(CC1)CC2. The molecule has 0 spiro atoms. The molecule has 1 aromatic carbocycles. The summed E-state index contributed by atoms with van der Waals surface area (Å²) in [4.78, 5) is 12.2. The van der Waals surface area contributed by atoms with Crippen molar-refractivity contribution in [3.63, 3.8) is 0 Å². The molecule has 1 aromatic rings. The number of ether oxygens (including phenoxy) is 1. The van der Waals surface area contributed by atoms with Crippen molar-refractivity contribution < 1.29 is 14.6 Å². The van der Waals surface area contributed by atoms with Crippen LogP contribution in [0.15, 0.2) is 35.4 Å². The first-order valence-electron chi connectivity index (χ1n) is 10.5. The fourth-order valence-electron chi connectivity index (χ4n) is 5.25. The van der Waals surface area contributed by atoms with Gasteiger partial charge in [0.2, 0.25) is 0 Å². The number of allylic oxidation sites excluding steroid dienone is 1. The summed E-state index contributed by atoms with van der Waals surface area (Å²) in [7, 11) is 1.51. The predicted molar refractivity (Wildman–Crippen MR) is 111 cm³/mol. The Balaban J connectivity index is 1.45. The highest BCUT2D eigenvalue weighted by Gasteiger charge is 2.52. The van der Waals surface area contributed by atoms with Gasteiger partial charge in [0, 0.05) is 12.1 Å². The molecule has 4 nitrogen and oxygen atoms in total. The second-order valence-corrected chi connectivity index (χ2v) is 8.93. The predicted octanol–water partition coefficient (Wildman–Crippen LogP) is 4.52. The van der Waals surface area contributed by atoms with Crippen LogP contribution in [-0.4, -0.2) is 30.3 Å². The van der Waals surface area contributed by atoms with E-state index in [1.165, 1.54) is 23.8 Å². The Morgan fingerprint density at radius 2 is 1.82 bits per heavy atom. The Morgan fingerprint density at radius 1 is 1.11 bits per heavy atom. The van der Waals surface area contributed by atoms with Crippen LogP contribution in [0.25, 0.3) is 6.08 Å². The number of carbonyl (C=O) groups is 1. The van der Waals surface area contributed by atoms with Crippen LogP contribution in [0.1, 0.15) is 63.0 Å². The lowest BCUT2D eigenvalue weighted by Crippen LogP contribution is -2.57. The Kier molecular flexibility index (Phi) is 5.09. The smallest absolute Gasteiger partial charge is 0.311 e. The molecular weight excluding hydrogens is 350 g/mol. The highest BCUT2D eigenvalue weighted by molar-refractivity contribution is 5.77. The van der Waals surface area contributed by atoms with Gasteiger partial charge in [-0.3, -0.25) is 4.79 Å². The van der Waals surface area contributed by atoms with E-state index >= 15 is 0 Å². The largest absolute Gasteiger partial charge is 0.508 e. The van der Waals surface area contributed by atoms with Crippen LogP contribution in [0.5, 0.6) is 5.75 Å². The normalized spacial score (nSPS) is 29.2. The third kappa shape index (κ3) is 3.50. The molecule has 3 saturated carbocycles. The fraction of sp³-hybridized carbons (Fsp3) is 0.542. The molecule has 0 atom stereocenters. The molecule has 0 saturated heterocycles. The standard InChI is InChI=1S/C24H31NO3/c1-17-3-4-18-7-8-21(26)15-19(18)5-6-20(17)16-25-24-12-9-23(10-13-24,11-14-24)22(27)28-2/h5-8,15,25-26H,3-4,9-14,16H2,1-2H3. The van der Waals surface area contributed by atoms with Gasteiger partial charge in [-0.2, -0.15) is 0 Å². The quantitative estimate of drug-likeness (QED) is 0.753. The lowest BCUT2D eigenvalue weighted by Gasteiger charge is -2.52. The molecule has 0 radical (unpaired) electrons. The summed E-state index contributed by atoms with van der Waals surface area (Å²) < 4.78 is 5.08. The number of phenolic OH excluding ortho intramolecular Hbond substituents is 1. The Hall–Kier alpha value is -2.07. The number of aromatic hydroxyl groups is 1. The minimum absolute atomic E-state index is 0.00998. The van der Waals surface area contributed by atoms with Gasteiger partial charge in [0.15, 0.2) is 0 Å². The van der Waals surface area contributed by atoms with Crippen molar-refractivity contribution in [3.8, 4) is 5.75 Å². The number of fused-ring (bicyclic) bond motifs is 4. The molecule has 0 unspecified atom stereocenters. The number of benzene rings is 1. The van der Waals surface area contributed by atoms with Crippen LogP contribution < -0.4 is 5.32 Å². The second-order valence-electron chi connectivity index (χ2n) is 8.93. The maximum atomic E-state index is 12.2. The van der Waals surface area contributed by atoms with Crippen LogP contribution in [0.4, 0.5) is 0 Å². The van der Waals surface area contributed by atoms with Crippen molar-refractivity contribution in [3.05, 3.63) is 46.5 Å². The second kappa shape index (κ2) is 7.40. The van der Waals surface area contributed by atoms with Crippen LogP contribution >= 0.6 is 0 Å². The zero-order valence-electron chi connectivity index (χ0n) is 17.0. The van der Waals surface area contributed by atoms with Gasteiger partial charge in [-0.25, -0.2) is 0 Å². The summed E-state index contributed by atoms with van der Waals surface area (Å²) in [6.07, 6.45) is 12.4. The van der Waals surface area contributed by atoms with Crippen LogP contribution in [-0.2, 0) is 16.0 Å². The van der Waals surface area contributed by atoms with E-state index in [9.17, 15) is 9.90 Å². The fourth-order valence-corrected chi connectivity index (χ4v) is 5.25. The van der Waals surface area contributed by atoms with E-state index < -0.39 is 0 Å². The molecular formula is C24H31NO3. The first-order chi connectivity index (χ1) is 13.5. The van der Waals surface area contributed by atoms with Gasteiger partial charge in [-0.15, -0.1) is 0 Å². The zero-order valence-corrected chi connectivity index (χ0v) is 17.0. The Labute approximate surface area is 167 Å². The molecule has 28 heavy (non-hydrogen) atoms. The van der Waals surface area contributed by atoms with Crippen LogP contribution in [0.3, 0.4) is 0 Å². The molecule has 150 valence electrons. The van der Waals surface area contributed by atoms with Gasteiger partial charge in [-0.05, 0) is 87.1 Å². The highest BCUT2D eigenvalue weighted by Crippen LogP contribution is 2.52. The van der Waals surface area contributed by atoms with Gasteiger partial charge in [-0.1, -0.05) is 23.8 Å². The minimum Gasteiger partial charge on any atom is -0.508 e. The third-order valence-electron chi connectivity index (χ3n) is 7.43. The van der Waals surface area contributed by atoms with E-state index in [0.717, 1.165) is 63.5 Å². The molecule has 0 aliphatic heterocycles. The summed E-state index contributed by atoms with van der Waals surface area (Å²) in [6, 6.07) is 5.66. The first kappa shape index (κ1) is 19.3. The van der Waals surface area contributed by atoms with E-state index in [0.29, 0.717) is 5.75 Å². The summed E-state index contributed by atoms with van der Waals surface area (Å²) in [5, 5.41) is 13.7. The van der Waals surface area contributed by atoms with Gasteiger partial charge in [0.05, 0.1) is 12.5 Å². The minimum atomic E-state index is -0.223. The number of carbonyl (C=O) groups excluding carboxylic acids is 1. The van der Waals surface area contributed by atoms with Crippen molar-refractivity contribution in [1.29, 1.82) is 0 Å². The highest BCUT2D eigenvalue weighted by atomic mass is 16.5. The van der Waals surface area contributed by atoms with Crippen molar-refractivity contribution in [2.75, 3.05) is 13.7 Å². The van der Waals surface area contributed by atoms with E-state index in [1.54, 1.807) is 6.07 Å². The maximum Gasteiger partial charge on any atom is 0.311 e. The van der Waals surface area contributed by atoms with Gasteiger partial charge < -0.3 is 15.2 Å². The van der Waals surface area contributed by atoms with Crippen molar-refractivity contribution in [2.45, 2.75) is 63.8 Å². The number of methoxy groups -OCH3 is 1. The monoisotopic (exact) mass is 381 g/mol. The summed E-state index contributed by atoms with van der Waals surface area (Å²) in [5.41, 5.74) is 5.11. The molecule has 0 heterocycles. The summed E-state index contributed by atoms with van der Waals surface area (Å²) >= 11 is 0. The van der Waals surface area contributed by atoms with Crippen molar-refractivity contribution in [1.82, 2.24) is 5.32 Å². The zero-order chi connectivity index (χ0) is 19.8. The van der Waals surface area contributed by atoms with E-state index in [2.05, 4.69) is 24.4 Å². The number of aryl methyl sites for hydroxylation is 1. The molecule has 0 aromatic heterocycles. The summed E-state index contributed by atoms with van der Waals surface area (Å²) in [6.45, 7) is 3.09. The van der Waals surface area contributed by atoms with Crippen LogP contribution in [0, 0.1) is 5.41 Å². The lowest BCUT2D eigenvalue weighted by atomic mass is 9.57. The maximum absolute atomic E-state index is 12.2. The summed E-state index contributed by atoms with van der Waals surface area (Å²) in [5.74, 6) is 0.311. The van der Waals surface area contributed by atoms with E-state index in [4.69, 9.17) is 4.74 Å². The number of esters is 1. The van der Waals surface area contributed by atoms with Gasteiger partial charge in [0.25, 0.3) is 0 Å². The number of nitrogens with one attached hydrogen (secondary N) is 1. The van der Waals surface area contributed by atoms with Crippen LogP contribution in [0.2, 0.25) is 0 Å². The molecule has 4 aliphatic carbocycles. The Morgan fingerprint density at radius 3 is 2.50 bits per heavy atom. The molecule has 4 aliphatic rings. The molecule has 4 heteroatoms. The number of hydrogen-bond donors (Lipinski definition) is 2. The average Bonchev–Trinajstić information content (AvgIpc) is 2.72. The molecule has 0 amide bonds. The van der Waals surface area contributed by atoms with Gasteiger partial charge >= 0.3 is 5.97 Å². The van der Waals surface area contributed by atoms with E-state index in [1.807, 2.05) is 12.1 Å². The molecule has 2 bridgehead atoms. The van der Waals surface area contributed by atoms with Crippen molar-refractivity contribution >= 4 is 12.0 Å². The third-order valence-corrected chi connectivity index (χ3v) is 7.43. The number of phenols is 1. The van der Waals surface area contributed by atoms with E-state index in [-0.39, 0.29) is 16.9 Å². The number of hydrogen-bond acceptors (Lipinski definition) is 4.